The molecule has 122 valence electrons. The summed E-state index contributed by atoms with van der Waals surface area (Å²) < 4.78 is 11.3. The number of phenolic OH excluding ortho intramolecular Hbond substituents is 1. The molecule has 1 aliphatic rings. The molecule has 0 spiro atoms. The number of rotatable bonds is 2. The predicted molar refractivity (Wildman–Crippen MR) is 92.6 cm³/mol. The van der Waals surface area contributed by atoms with Crippen LogP contribution in [-0.2, 0) is 4.74 Å². The van der Waals surface area contributed by atoms with E-state index in [0.29, 0.717) is 30.1 Å². The van der Waals surface area contributed by atoms with Crippen molar-refractivity contribution >= 4 is 16.9 Å². The van der Waals surface area contributed by atoms with Crippen molar-refractivity contribution in [3.63, 3.8) is 0 Å². The Balaban J connectivity index is 1.76. The number of nitrogens with zero attached hydrogens (tertiary/aromatic N) is 1. The number of benzene rings is 2. The van der Waals surface area contributed by atoms with Crippen LogP contribution in [0.2, 0.25) is 0 Å². The first kappa shape index (κ1) is 14.8. The molecular weight excluding hydrogens is 306 g/mol. The fourth-order valence-electron chi connectivity index (χ4n) is 2.92. The van der Waals surface area contributed by atoms with E-state index in [1.54, 1.807) is 18.2 Å². The summed E-state index contributed by atoms with van der Waals surface area (Å²) in [6.45, 7) is 2.73. The van der Waals surface area contributed by atoms with Crippen LogP contribution in [0.5, 0.6) is 5.75 Å². The lowest BCUT2D eigenvalue weighted by molar-refractivity contribution is 0.121. The quantitative estimate of drug-likeness (QED) is 0.785. The molecule has 3 aromatic rings. The van der Waals surface area contributed by atoms with Crippen molar-refractivity contribution in [2.24, 2.45) is 0 Å². The molecule has 1 aliphatic heterocycles. The summed E-state index contributed by atoms with van der Waals surface area (Å²) in [4.78, 5) is 14.5. The molecule has 5 nitrogen and oxygen atoms in total. The van der Waals surface area contributed by atoms with E-state index in [0.717, 1.165) is 24.2 Å². The molecule has 1 fully saturated rings. The topological polar surface area (TPSA) is 62.9 Å². The molecule has 0 atom stereocenters. The Hall–Kier alpha value is -2.79. The van der Waals surface area contributed by atoms with Gasteiger partial charge in [0.05, 0.1) is 18.6 Å². The first-order valence-corrected chi connectivity index (χ1v) is 7.91. The van der Waals surface area contributed by atoms with E-state index in [9.17, 15) is 9.90 Å². The third-order valence-electron chi connectivity index (χ3n) is 4.24. The molecule has 0 unspecified atom stereocenters. The van der Waals surface area contributed by atoms with Gasteiger partial charge in [0.15, 0.2) is 11.3 Å². The number of aromatic hydroxyl groups is 1. The lowest BCUT2D eigenvalue weighted by Crippen LogP contribution is -2.36. The standard InChI is InChI=1S/C19H17NO4/c21-15-4-1-13(2-5-15)14-3-6-18-16(11-14)17(22)12-19(24-18)20-7-9-23-10-8-20/h1-6,11-12,21H,7-10H2. The minimum atomic E-state index is -0.0571. The van der Waals surface area contributed by atoms with Gasteiger partial charge < -0.3 is 19.2 Å². The van der Waals surface area contributed by atoms with E-state index >= 15 is 0 Å². The second kappa shape index (κ2) is 6.02. The van der Waals surface area contributed by atoms with E-state index in [4.69, 9.17) is 9.15 Å². The highest BCUT2D eigenvalue weighted by Gasteiger charge is 2.15. The minimum Gasteiger partial charge on any atom is -0.508 e. The molecule has 24 heavy (non-hydrogen) atoms. The number of anilines is 1. The summed E-state index contributed by atoms with van der Waals surface area (Å²) >= 11 is 0. The van der Waals surface area contributed by atoms with Gasteiger partial charge in [-0.05, 0) is 35.4 Å². The fraction of sp³-hybridized carbons (Fsp3) is 0.211. The number of hydrogen-bond acceptors (Lipinski definition) is 5. The van der Waals surface area contributed by atoms with Gasteiger partial charge >= 0.3 is 0 Å². The molecule has 1 aromatic heterocycles. The number of hydrogen-bond donors (Lipinski definition) is 1. The SMILES string of the molecule is O=c1cc(N2CCOCC2)oc2ccc(-c3ccc(O)cc3)cc12. The molecule has 0 bridgehead atoms. The van der Waals surface area contributed by atoms with Crippen LogP contribution in [0.25, 0.3) is 22.1 Å². The van der Waals surface area contributed by atoms with Crippen molar-refractivity contribution in [2.75, 3.05) is 31.2 Å². The van der Waals surface area contributed by atoms with Gasteiger partial charge in [-0.1, -0.05) is 18.2 Å². The third-order valence-corrected chi connectivity index (χ3v) is 4.24. The Bertz CT molecular complexity index is 924. The summed E-state index contributed by atoms with van der Waals surface area (Å²) in [5.41, 5.74) is 2.37. The van der Waals surface area contributed by atoms with Crippen LogP contribution in [0, 0.1) is 0 Å². The van der Waals surface area contributed by atoms with Gasteiger partial charge in [0.25, 0.3) is 0 Å². The van der Waals surface area contributed by atoms with Gasteiger partial charge in [-0.25, -0.2) is 0 Å². The Labute approximate surface area is 138 Å². The Morgan fingerprint density at radius 2 is 1.62 bits per heavy atom. The Morgan fingerprint density at radius 1 is 0.917 bits per heavy atom. The lowest BCUT2D eigenvalue weighted by Gasteiger charge is -2.27. The normalized spacial score (nSPS) is 14.9. The molecule has 2 aromatic carbocycles. The first-order chi connectivity index (χ1) is 11.7. The Morgan fingerprint density at radius 3 is 2.38 bits per heavy atom. The van der Waals surface area contributed by atoms with Crippen LogP contribution in [0.15, 0.2) is 57.7 Å². The largest absolute Gasteiger partial charge is 0.508 e. The number of ether oxygens (including phenoxy) is 1. The van der Waals surface area contributed by atoms with Crippen LogP contribution in [0.3, 0.4) is 0 Å². The van der Waals surface area contributed by atoms with Gasteiger partial charge in [0.2, 0.25) is 0 Å². The molecule has 5 heteroatoms. The molecule has 4 rings (SSSR count). The molecule has 2 heterocycles. The second-order valence-corrected chi connectivity index (χ2v) is 5.81. The lowest BCUT2D eigenvalue weighted by atomic mass is 10.0. The highest BCUT2D eigenvalue weighted by molar-refractivity contribution is 5.83. The number of morpholine rings is 1. The zero-order chi connectivity index (χ0) is 16.5. The van der Waals surface area contributed by atoms with Gasteiger partial charge in [0.1, 0.15) is 11.3 Å². The summed E-state index contributed by atoms with van der Waals surface area (Å²) in [7, 11) is 0. The van der Waals surface area contributed by atoms with E-state index in [1.807, 2.05) is 35.2 Å². The zero-order valence-electron chi connectivity index (χ0n) is 13.1. The summed E-state index contributed by atoms with van der Waals surface area (Å²) in [6, 6.07) is 14.0. The van der Waals surface area contributed by atoms with Crippen molar-refractivity contribution in [1.82, 2.24) is 0 Å². The van der Waals surface area contributed by atoms with E-state index < -0.39 is 0 Å². The average molecular weight is 323 g/mol. The van der Waals surface area contributed by atoms with Crippen LogP contribution < -0.4 is 10.3 Å². The van der Waals surface area contributed by atoms with Crippen LogP contribution >= 0.6 is 0 Å². The molecule has 1 N–H and O–H groups in total. The maximum atomic E-state index is 12.5. The molecule has 0 saturated carbocycles. The van der Waals surface area contributed by atoms with Crippen molar-refractivity contribution in [3.05, 3.63) is 58.8 Å². The van der Waals surface area contributed by atoms with Crippen LogP contribution in [0.4, 0.5) is 5.88 Å². The van der Waals surface area contributed by atoms with Crippen molar-refractivity contribution in [3.8, 4) is 16.9 Å². The van der Waals surface area contributed by atoms with Crippen molar-refractivity contribution in [2.45, 2.75) is 0 Å². The van der Waals surface area contributed by atoms with Gasteiger partial charge in [-0.3, -0.25) is 4.79 Å². The number of phenols is 1. The highest BCUT2D eigenvalue weighted by atomic mass is 16.5. The maximum absolute atomic E-state index is 12.5. The molecular formula is C19H17NO4. The predicted octanol–water partition coefficient (Wildman–Crippen LogP) is 3.00. The van der Waals surface area contributed by atoms with Crippen molar-refractivity contribution in [1.29, 1.82) is 0 Å². The number of fused-ring (bicyclic) bond motifs is 1. The summed E-state index contributed by atoms with van der Waals surface area (Å²) in [5.74, 6) is 0.808. The highest BCUT2D eigenvalue weighted by Crippen LogP contribution is 2.26. The minimum absolute atomic E-state index is 0.0571. The molecule has 0 aliphatic carbocycles. The summed E-state index contributed by atoms with van der Waals surface area (Å²) in [5, 5.41) is 9.95. The van der Waals surface area contributed by atoms with E-state index in [2.05, 4.69) is 0 Å². The second-order valence-electron chi connectivity index (χ2n) is 5.81. The Kier molecular flexibility index (Phi) is 3.70. The first-order valence-electron chi connectivity index (χ1n) is 7.91. The van der Waals surface area contributed by atoms with E-state index in [1.165, 1.54) is 0 Å². The van der Waals surface area contributed by atoms with Gasteiger partial charge in [-0.15, -0.1) is 0 Å². The summed E-state index contributed by atoms with van der Waals surface area (Å²) in [6.07, 6.45) is 0. The van der Waals surface area contributed by atoms with Gasteiger partial charge in [0, 0.05) is 19.2 Å². The van der Waals surface area contributed by atoms with Crippen LogP contribution in [0.1, 0.15) is 0 Å². The van der Waals surface area contributed by atoms with Crippen LogP contribution in [-0.4, -0.2) is 31.4 Å². The van der Waals surface area contributed by atoms with E-state index in [-0.39, 0.29) is 11.2 Å². The smallest absolute Gasteiger partial charge is 0.200 e. The van der Waals surface area contributed by atoms with Crippen molar-refractivity contribution < 1.29 is 14.3 Å². The molecule has 0 amide bonds. The zero-order valence-corrected chi connectivity index (χ0v) is 13.1. The maximum Gasteiger partial charge on any atom is 0.200 e. The monoisotopic (exact) mass is 323 g/mol. The fourth-order valence-corrected chi connectivity index (χ4v) is 2.92. The van der Waals surface area contributed by atoms with Gasteiger partial charge in [-0.2, -0.15) is 0 Å². The third kappa shape index (κ3) is 2.74. The molecule has 0 radical (unpaired) electrons. The average Bonchev–Trinajstić information content (AvgIpc) is 2.63. The molecule has 1 saturated heterocycles.